The van der Waals surface area contributed by atoms with Crippen LogP contribution in [0, 0.1) is 0 Å². The SMILES string of the molecule is COc1ccc(N2CC[NH+](Cc3cc(=O)oc4cc5c(cc34)OCO5)CC2)cc1. The Hall–Kier alpha value is -3.19. The highest BCUT2D eigenvalue weighted by molar-refractivity contribution is 5.84. The summed E-state index contributed by atoms with van der Waals surface area (Å²) in [6, 6.07) is 13.5. The second-order valence-corrected chi connectivity index (χ2v) is 7.40. The molecule has 2 aliphatic rings. The van der Waals surface area contributed by atoms with Crippen molar-refractivity contribution in [3.8, 4) is 17.2 Å². The number of nitrogens with zero attached hydrogens (tertiary/aromatic N) is 1. The number of piperazine rings is 1. The van der Waals surface area contributed by atoms with Gasteiger partial charge < -0.3 is 28.4 Å². The standard InChI is InChI=1S/C22H22N2O5/c1-26-17-4-2-16(3-5-17)24-8-6-23(7-9-24)13-15-10-22(25)29-19-12-21-20(11-18(15)19)27-14-28-21/h2-5,10-12H,6-9,13-14H2,1H3/p+1. The van der Waals surface area contributed by atoms with Gasteiger partial charge >= 0.3 is 5.63 Å². The first-order chi connectivity index (χ1) is 14.2. The third kappa shape index (κ3) is 3.49. The first-order valence-electron chi connectivity index (χ1n) is 9.78. The predicted molar refractivity (Wildman–Crippen MR) is 108 cm³/mol. The van der Waals surface area contributed by atoms with E-state index in [0.717, 1.165) is 49.4 Å². The van der Waals surface area contributed by atoms with Gasteiger partial charge in [-0.05, 0) is 30.3 Å². The highest BCUT2D eigenvalue weighted by Crippen LogP contribution is 2.36. The Labute approximate surface area is 168 Å². The van der Waals surface area contributed by atoms with Gasteiger partial charge in [0.1, 0.15) is 17.9 Å². The normalized spacial score (nSPS) is 16.4. The van der Waals surface area contributed by atoms with Crippen molar-refractivity contribution in [1.82, 2.24) is 0 Å². The van der Waals surface area contributed by atoms with Gasteiger partial charge in [0.15, 0.2) is 11.5 Å². The Balaban J connectivity index is 1.32. The van der Waals surface area contributed by atoms with E-state index in [4.69, 9.17) is 18.6 Å². The van der Waals surface area contributed by atoms with Gasteiger partial charge in [-0.2, -0.15) is 0 Å². The third-order valence-corrected chi connectivity index (χ3v) is 5.67. The molecule has 0 saturated carbocycles. The third-order valence-electron chi connectivity index (χ3n) is 5.67. The molecule has 0 atom stereocenters. The van der Waals surface area contributed by atoms with E-state index in [2.05, 4.69) is 17.0 Å². The minimum absolute atomic E-state index is 0.198. The lowest BCUT2D eigenvalue weighted by Gasteiger charge is -2.33. The van der Waals surface area contributed by atoms with Crippen LogP contribution in [0.4, 0.5) is 5.69 Å². The number of hydrogen-bond acceptors (Lipinski definition) is 6. The number of nitrogens with one attached hydrogen (secondary N) is 1. The lowest BCUT2D eigenvalue weighted by molar-refractivity contribution is -0.914. The van der Waals surface area contributed by atoms with Crippen LogP contribution in [-0.2, 0) is 6.54 Å². The first-order valence-corrected chi connectivity index (χ1v) is 9.78. The van der Waals surface area contributed by atoms with Crippen molar-refractivity contribution in [2.75, 3.05) is 45.0 Å². The Morgan fingerprint density at radius 3 is 2.48 bits per heavy atom. The predicted octanol–water partition coefficient (Wildman–Crippen LogP) is 1.44. The second-order valence-electron chi connectivity index (χ2n) is 7.40. The largest absolute Gasteiger partial charge is 0.497 e. The van der Waals surface area contributed by atoms with E-state index in [-0.39, 0.29) is 12.4 Å². The van der Waals surface area contributed by atoms with Crippen LogP contribution in [-0.4, -0.2) is 40.1 Å². The van der Waals surface area contributed by atoms with E-state index >= 15 is 0 Å². The molecule has 0 amide bonds. The van der Waals surface area contributed by atoms with Gasteiger partial charge in [-0.25, -0.2) is 4.79 Å². The van der Waals surface area contributed by atoms with Crippen LogP contribution < -0.4 is 29.6 Å². The molecule has 29 heavy (non-hydrogen) atoms. The summed E-state index contributed by atoms with van der Waals surface area (Å²) < 4.78 is 21.5. The summed E-state index contributed by atoms with van der Waals surface area (Å²) in [6.07, 6.45) is 0. The number of anilines is 1. The molecule has 3 aromatic rings. The van der Waals surface area contributed by atoms with Crippen molar-refractivity contribution in [2.24, 2.45) is 0 Å². The van der Waals surface area contributed by atoms with E-state index < -0.39 is 0 Å². The van der Waals surface area contributed by atoms with Crippen molar-refractivity contribution in [1.29, 1.82) is 0 Å². The maximum Gasteiger partial charge on any atom is 0.336 e. The van der Waals surface area contributed by atoms with Gasteiger partial charge in [0.05, 0.1) is 33.3 Å². The molecule has 1 fully saturated rings. The number of hydrogen-bond donors (Lipinski definition) is 1. The average Bonchev–Trinajstić information content (AvgIpc) is 3.20. The summed E-state index contributed by atoms with van der Waals surface area (Å²) in [5.74, 6) is 2.19. The molecular formula is C22H23N2O5+. The van der Waals surface area contributed by atoms with E-state index in [9.17, 15) is 4.79 Å². The second kappa shape index (κ2) is 7.33. The Kier molecular flexibility index (Phi) is 4.52. The fourth-order valence-corrected chi connectivity index (χ4v) is 4.08. The van der Waals surface area contributed by atoms with Crippen molar-refractivity contribution in [3.63, 3.8) is 0 Å². The molecule has 1 aromatic heterocycles. The van der Waals surface area contributed by atoms with Crippen LogP contribution in [0.3, 0.4) is 0 Å². The summed E-state index contributed by atoms with van der Waals surface area (Å²) in [7, 11) is 1.68. The molecule has 1 N–H and O–H groups in total. The Bertz CT molecular complexity index is 1080. The molecule has 150 valence electrons. The monoisotopic (exact) mass is 395 g/mol. The average molecular weight is 395 g/mol. The number of methoxy groups -OCH3 is 1. The van der Waals surface area contributed by atoms with Crippen LogP contribution in [0.25, 0.3) is 11.0 Å². The van der Waals surface area contributed by atoms with Crippen LogP contribution in [0.1, 0.15) is 5.56 Å². The molecule has 0 radical (unpaired) electrons. The summed E-state index contributed by atoms with van der Waals surface area (Å²) in [5, 5.41) is 0.916. The molecule has 2 aromatic carbocycles. The lowest BCUT2D eigenvalue weighted by Crippen LogP contribution is -3.13. The van der Waals surface area contributed by atoms with Gasteiger partial charge in [-0.1, -0.05) is 0 Å². The van der Waals surface area contributed by atoms with Gasteiger partial charge in [-0.3, -0.25) is 0 Å². The summed E-state index contributed by atoms with van der Waals surface area (Å²) in [5.41, 5.74) is 2.42. The maximum absolute atomic E-state index is 12.1. The van der Waals surface area contributed by atoms with Crippen LogP contribution in [0.2, 0.25) is 0 Å². The molecule has 7 nitrogen and oxygen atoms in total. The number of ether oxygens (including phenoxy) is 3. The van der Waals surface area contributed by atoms with Crippen molar-refractivity contribution < 1.29 is 23.5 Å². The van der Waals surface area contributed by atoms with E-state index in [0.29, 0.717) is 17.1 Å². The highest BCUT2D eigenvalue weighted by Gasteiger charge is 2.23. The molecule has 0 unspecified atom stereocenters. The number of benzene rings is 2. The van der Waals surface area contributed by atoms with Crippen LogP contribution in [0.5, 0.6) is 17.2 Å². The zero-order valence-corrected chi connectivity index (χ0v) is 16.3. The Morgan fingerprint density at radius 2 is 1.76 bits per heavy atom. The fraction of sp³-hybridized carbons (Fsp3) is 0.318. The minimum atomic E-state index is -0.331. The van der Waals surface area contributed by atoms with Gasteiger partial charge in [0, 0.05) is 28.8 Å². The number of rotatable bonds is 4. The quantitative estimate of drug-likeness (QED) is 0.675. The molecule has 2 aliphatic heterocycles. The van der Waals surface area contributed by atoms with Crippen LogP contribution in [0.15, 0.2) is 51.7 Å². The smallest absolute Gasteiger partial charge is 0.336 e. The molecular weight excluding hydrogens is 372 g/mol. The first kappa shape index (κ1) is 17.9. The van der Waals surface area contributed by atoms with Crippen molar-refractivity contribution >= 4 is 16.7 Å². The topological polar surface area (TPSA) is 65.6 Å². The molecule has 1 saturated heterocycles. The fourth-order valence-electron chi connectivity index (χ4n) is 4.08. The molecule has 5 rings (SSSR count). The number of fused-ring (bicyclic) bond motifs is 2. The van der Waals surface area contributed by atoms with Crippen LogP contribution >= 0.6 is 0 Å². The molecule has 7 heteroatoms. The Morgan fingerprint density at radius 1 is 1.03 bits per heavy atom. The van der Waals surface area contributed by atoms with Gasteiger partial charge in [0.25, 0.3) is 0 Å². The molecule has 0 bridgehead atoms. The molecule has 0 spiro atoms. The summed E-state index contributed by atoms with van der Waals surface area (Å²) >= 11 is 0. The highest BCUT2D eigenvalue weighted by atomic mass is 16.7. The van der Waals surface area contributed by atoms with Crippen molar-refractivity contribution in [2.45, 2.75) is 6.54 Å². The zero-order valence-electron chi connectivity index (χ0n) is 16.3. The minimum Gasteiger partial charge on any atom is -0.497 e. The van der Waals surface area contributed by atoms with E-state index in [1.165, 1.54) is 10.6 Å². The van der Waals surface area contributed by atoms with Gasteiger partial charge in [-0.15, -0.1) is 0 Å². The summed E-state index contributed by atoms with van der Waals surface area (Å²) in [6.45, 7) is 4.90. The maximum atomic E-state index is 12.1. The number of quaternary nitrogens is 1. The molecule has 3 heterocycles. The van der Waals surface area contributed by atoms with Crippen molar-refractivity contribution in [3.05, 3.63) is 58.4 Å². The van der Waals surface area contributed by atoms with E-state index in [1.807, 2.05) is 18.2 Å². The molecule has 0 aliphatic carbocycles. The van der Waals surface area contributed by atoms with E-state index in [1.54, 1.807) is 19.2 Å². The van der Waals surface area contributed by atoms with Gasteiger partial charge in [0.2, 0.25) is 6.79 Å². The zero-order chi connectivity index (χ0) is 19.8. The summed E-state index contributed by atoms with van der Waals surface area (Å²) in [4.78, 5) is 15.9. The lowest BCUT2D eigenvalue weighted by atomic mass is 10.1.